The van der Waals surface area contributed by atoms with E-state index in [0.717, 1.165) is 49.1 Å². The number of alkyl halides is 3. The Bertz CT molecular complexity index is 886. The van der Waals surface area contributed by atoms with Crippen molar-refractivity contribution in [3.8, 4) is 0 Å². The summed E-state index contributed by atoms with van der Waals surface area (Å²) in [5.74, 6) is 2.03. The average molecular weight is 374 g/mol. The fourth-order valence-electron chi connectivity index (χ4n) is 6.00. The normalized spacial score (nSPS) is 32.0. The second-order valence-electron chi connectivity index (χ2n) is 8.78. The molecule has 1 amide bonds. The first-order valence-corrected chi connectivity index (χ1v) is 9.59. The van der Waals surface area contributed by atoms with E-state index in [1.165, 1.54) is 31.5 Å². The van der Waals surface area contributed by atoms with E-state index in [4.69, 9.17) is 0 Å². The molecule has 0 radical (unpaired) electrons. The summed E-state index contributed by atoms with van der Waals surface area (Å²) in [6, 6.07) is 5.08. The number of rotatable bonds is 2. The number of nitrogens with zero attached hydrogens (tertiary/aromatic N) is 1. The predicted octanol–water partition coefficient (Wildman–Crippen LogP) is 4.95. The molecule has 0 spiro atoms. The van der Waals surface area contributed by atoms with Gasteiger partial charge in [-0.3, -0.25) is 9.78 Å². The molecule has 1 aromatic heterocycles. The van der Waals surface area contributed by atoms with Crippen LogP contribution < -0.4 is 5.32 Å². The van der Waals surface area contributed by atoms with Gasteiger partial charge in [-0.1, -0.05) is 6.07 Å². The van der Waals surface area contributed by atoms with Gasteiger partial charge in [0.05, 0.1) is 16.6 Å². The topological polar surface area (TPSA) is 42.0 Å². The van der Waals surface area contributed by atoms with E-state index >= 15 is 0 Å². The summed E-state index contributed by atoms with van der Waals surface area (Å²) in [4.78, 5) is 17.0. The molecule has 1 N–H and O–H groups in total. The minimum absolute atomic E-state index is 0.0963. The van der Waals surface area contributed by atoms with E-state index in [2.05, 4.69) is 10.3 Å². The lowest BCUT2D eigenvalue weighted by Gasteiger charge is -2.56. The average Bonchev–Trinajstić information content (AvgIpc) is 2.58. The molecule has 4 bridgehead atoms. The maximum atomic E-state index is 12.9. The van der Waals surface area contributed by atoms with Gasteiger partial charge in [0.15, 0.2) is 0 Å². The standard InChI is InChI=1S/C21H21F3N2O/c22-21(23,24)17-2-1-15-6-16(11-25-18(15)7-17)19(27)26-20-8-12-3-13(9-20)5-14(4-12)10-20/h1-2,6-7,11-14H,3-5,8-10H2,(H,26,27). The smallest absolute Gasteiger partial charge is 0.347 e. The van der Waals surface area contributed by atoms with Crippen molar-refractivity contribution in [2.45, 2.75) is 50.2 Å². The first kappa shape index (κ1) is 17.0. The SMILES string of the molecule is O=C(NC12CC3CC(CC(C3)C1)C2)c1cnc2cc(C(F)(F)F)ccc2c1. The predicted molar refractivity (Wildman–Crippen MR) is 95.1 cm³/mol. The molecule has 4 aliphatic carbocycles. The van der Waals surface area contributed by atoms with E-state index in [9.17, 15) is 18.0 Å². The highest BCUT2D eigenvalue weighted by Gasteiger charge is 2.51. The Labute approximate surface area is 155 Å². The quantitative estimate of drug-likeness (QED) is 0.808. The summed E-state index contributed by atoms with van der Waals surface area (Å²) >= 11 is 0. The first-order chi connectivity index (χ1) is 12.8. The first-order valence-electron chi connectivity index (χ1n) is 9.59. The van der Waals surface area contributed by atoms with Crippen molar-refractivity contribution in [1.82, 2.24) is 10.3 Å². The summed E-state index contributed by atoms with van der Waals surface area (Å²) in [5, 5.41) is 3.82. The van der Waals surface area contributed by atoms with Gasteiger partial charge in [-0.25, -0.2) is 0 Å². The third-order valence-corrected chi connectivity index (χ3v) is 6.69. The van der Waals surface area contributed by atoms with Gasteiger partial charge in [0.1, 0.15) is 0 Å². The van der Waals surface area contributed by atoms with Gasteiger partial charge in [-0.15, -0.1) is 0 Å². The Morgan fingerprint density at radius 2 is 1.67 bits per heavy atom. The monoisotopic (exact) mass is 374 g/mol. The molecule has 2 aromatic rings. The molecule has 1 aromatic carbocycles. The van der Waals surface area contributed by atoms with Gasteiger partial charge in [-0.2, -0.15) is 13.2 Å². The Morgan fingerprint density at radius 1 is 1.04 bits per heavy atom. The molecule has 4 fully saturated rings. The Hall–Kier alpha value is -2.11. The Kier molecular flexibility index (Phi) is 3.59. The van der Waals surface area contributed by atoms with E-state index in [1.54, 1.807) is 6.07 Å². The highest BCUT2D eigenvalue weighted by atomic mass is 19.4. The number of fused-ring (bicyclic) bond motifs is 1. The minimum Gasteiger partial charge on any atom is -0.347 e. The number of halogens is 3. The maximum absolute atomic E-state index is 12.9. The van der Waals surface area contributed by atoms with Crippen molar-refractivity contribution in [2.75, 3.05) is 0 Å². The highest BCUT2D eigenvalue weighted by molar-refractivity contribution is 5.97. The van der Waals surface area contributed by atoms with E-state index in [1.807, 2.05) is 0 Å². The molecule has 0 aliphatic heterocycles. The number of aromatic nitrogens is 1. The Balaban J connectivity index is 1.39. The highest BCUT2D eigenvalue weighted by Crippen LogP contribution is 2.55. The van der Waals surface area contributed by atoms with Crippen molar-refractivity contribution >= 4 is 16.8 Å². The van der Waals surface area contributed by atoms with Crippen LogP contribution in [0.4, 0.5) is 13.2 Å². The minimum atomic E-state index is -4.40. The molecule has 0 unspecified atom stereocenters. The van der Waals surface area contributed by atoms with Gasteiger partial charge >= 0.3 is 6.18 Å². The molecule has 4 saturated carbocycles. The number of nitrogens with one attached hydrogen (secondary N) is 1. The van der Waals surface area contributed by atoms with Crippen LogP contribution in [0.3, 0.4) is 0 Å². The number of carbonyl (C=O) groups excluding carboxylic acids is 1. The summed E-state index contributed by atoms with van der Waals surface area (Å²) in [6.45, 7) is 0. The van der Waals surface area contributed by atoms with Crippen LogP contribution in [0.25, 0.3) is 10.9 Å². The van der Waals surface area contributed by atoms with Gasteiger partial charge in [0, 0.05) is 17.1 Å². The van der Waals surface area contributed by atoms with Crippen molar-refractivity contribution in [1.29, 1.82) is 0 Å². The van der Waals surface area contributed by atoms with Crippen LogP contribution in [-0.2, 0) is 6.18 Å². The van der Waals surface area contributed by atoms with Crippen molar-refractivity contribution < 1.29 is 18.0 Å². The fourth-order valence-corrected chi connectivity index (χ4v) is 6.00. The van der Waals surface area contributed by atoms with Gasteiger partial charge in [0.25, 0.3) is 5.91 Å². The van der Waals surface area contributed by atoms with Crippen LogP contribution >= 0.6 is 0 Å². The van der Waals surface area contributed by atoms with Gasteiger partial charge in [-0.05, 0) is 74.5 Å². The van der Waals surface area contributed by atoms with Crippen molar-refractivity contribution in [3.63, 3.8) is 0 Å². The molecule has 142 valence electrons. The third kappa shape index (κ3) is 2.99. The number of hydrogen-bond donors (Lipinski definition) is 1. The second kappa shape index (κ2) is 5.69. The molecule has 27 heavy (non-hydrogen) atoms. The molecule has 1 heterocycles. The number of benzene rings is 1. The zero-order valence-electron chi connectivity index (χ0n) is 14.9. The van der Waals surface area contributed by atoms with Crippen LogP contribution in [-0.4, -0.2) is 16.4 Å². The summed E-state index contributed by atoms with van der Waals surface area (Å²) in [7, 11) is 0. The van der Waals surface area contributed by atoms with Crippen LogP contribution in [0.2, 0.25) is 0 Å². The zero-order chi connectivity index (χ0) is 18.8. The molecule has 3 nitrogen and oxygen atoms in total. The summed E-state index contributed by atoms with van der Waals surface area (Å²) < 4.78 is 38.5. The van der Waals surface area contributed by atoms with E-state index in [0.29, 0.717) is 10.9 Å². The van der Waals surface area contributed by atoms with E-state index in [-0.39, 0.29) is 17.0 Å². The molecular formula is C21H21F3N2O. The number of hydrogen-bond acceptors (Lipinski definition) is 2. The molecule has 4 aliphatic rings. The largest absolute Gasteiger partial charge is 0.416 e. The summed E-state index contributed by atoms with van der Waals surface area (Å²) in [5.41, 5.74) is -0.163. The second-order valence-corrected chi connectivity index (χ2v) is 8.78. The van der Waals surface area contributed by atoms with Crippen LogP contribution in [0, 0.1) is 17.8 Å². The number of pyridine rings is 1. The van der Waals surface area contributed by atoms with E-state index < -0.39 is 11.7 Å². The van der Waals surface area contributed by atoms with Gasteiger partial charge in [0.2, 0.25) is 0 Å². The lowest BCUT2D eigenvalue weighted by molar-refractivity contribution is -0.137. The fraction of sp³-hybridized carbons (Fsp3) is 0.524. The lowest BCUT2D eigenvalue weighted by atomic mass is 9.53. The molecule has 0 saturated heterocycles. The summed E-state index contributed by atoms with van der Waals surface area (Å²) in [6.07, 6.45) is 4.06. The maximum Gasteiger partial charge on any atom is 0.416 e. The number of carbonyl (C=O) groups is 1. The molecule has 0 atom stereocenters. The van der Waals surface area contributed by atoms with Crippen molar-refractivity contribution in [2.24, 2.45) is 17.8 Å². The third-order valence-electron chi connectivity index (χ3n) is 6.69. The van der Waals surface area contributed by atoms with Crippen LogP contribution in [0.15, 0.2) is 30.5 Å². The van der Waals surface area contributed by atoms with Gasteiger partial charge < -0.3 is 5.32 Å². The van der Waals surface area contributed by atoms with Crippen LogP contribution in [0.1, 0.15) is 54.4 Å². The molecular weight excluding hydrogens is 353 g/mol. The Morgan fingerprint density at radius 3 is 2.26 bits per heavy atom. The molecule has 6 heteroatoms. The van der Waals surface area contributed by atoms with Crippen LogP contribution in [0.5, 0.6) is 0 Å². The van der Waals surface area contributed by atoms with Crippen molar-refractivity contribution in [3.05, 3.63) is 41.6 Å². The lowest BCUT2D eigenvalue weighted by Crippen LogP contribution is -2.59. The number of amides is 1. The molecule has 6 rings (SSSR count). The zero-order valence-corrected chi connectivity index (χ0v) is 14.9.